The van der Waals surface area contributed by atoms with E-state index in [4.69, 9.17) is 0 Å². The second-order valence-corrected chi connectivity index (χ2v) is 31.1. The van der Waals surface area contributed by atoms with Gasteiger partial charge in [-0.15, -0.1) is 0 Å². The third-order valence-electron chi connectivity index (χ3n) is 23.2. The van der Waals surface area contributed by atoms with Crippen LogP contribution in [0.2, 0.25) is 0 Å². The summed E-state index contributed by atoms with van der Waals surface area (Å²) < 4.78 is 4.88. The molecule has 2 aromatic heterocycles. The smallest absolute Gasteiger partial charge is 0.0713 e. The number of hydrogen-bond acceptors (Lipinski definition) is 2. The van der Waals surface area contributed by atoms with Gasteiger partial charge >= 0.3 is 0 Å². The number of hydrogen-bond donors (Lipinski definition) is 0. The fraction of sp³-hybridized carbons (Fsp3) is 0.0826. The molecule has 0 aliphatic heterocycles. The van der Waals surface area contributed by atoms with E-state index in [9.17, 15) is 0 Å². The first kappa shape index (κ1) is 69.6. The fourth-order valence-corrected chi connectivity index (χ4v) is 17.9. The van der Waals surface area contributed by atoms with Gasteiger partial charge in [0.05, 0.1) is 27.5 Å². The van der Waals surface area contributed by atoms with Crippen molar-refractivity contribution < 1.29 is 0 Å². The molecular weight excluding hydrogens is 1370 g/mol. The second kappa shape index (κ2) is 29.2. The first-order valence-corrected chi connectivity index (χ1v) is 39.7. The van der Waals surface area contributed by atoms with Crippen molar-refractivity contribution in [2.45, 2.75) is 46.0 Å². The number of para-hydroxylation sites is 2. The first-order chi connectivity index (χ1) is 55.5. The number of benzene rings is 16. The number of nitrogens with zero attached hydrogens (tertiary/aromatic N) is 4. The van der Waals surface area contributed by atoms with Crippen LogP contribution in [0.25, 0.3) is 123 Å². The van der Waals surface area contributed by atoms with Crippen molar-refractivity contribution in [1.29, 1.82) is 0 Å². The third-order valence-corrected chi connectivity index (χ3v) is 23.2. The van der Waals surface area contributed by atoms with Crippen LogP contribution in [-0.4, -0.2) is 9.13 Å². The molecule has 0 radical (unpaired) electrons. The van der Waals surface area contributed by atoms with Crippen LogP contribution in [0, 0.1) is 11.8 Å². The molecule has 0 fully saturated rings. The zero-order valence-corrected chi connectivity index (χ0v) is 64.2. The van der Waals surface area contributed by atoms with Crippen LogP contribution in [0.15, 0.2) is 389 Å². The van der Waals surface area contributed by atoms with E-state index in [-0.39, 0.29) is 0 Å². The molecule has 0 atom stereocenters. The van der Waals surface area contributed by atoms with Gasteiger partial charge in [-0.1, -0.05) is 308 Å². The Balaban J connectivity index is 0.645. The van der Waals surface area contributed by atoms with E-state index >= 15 is 0 Å². The van der Waals surface area contributed by atoms with Crippen molar-refractivity contribution in [1.82, 2.24) is 9.13 Å². The predicted molar refractivity (Wildman–Crippen MR) is 481 cm³/mol. The van der Waals surface area contributed by atoms with E-state index in [1.54, 1.807) is 0 Å². The van der Waals surface area contributed by atoms with Gasteiger partial charge in [0, 0.05) is 67.0 Å². The monoisotopic (exact) mass is 1450 g/mol. The lowest BCUT2D eigenvalue weighted by molar-refractivity contribution is 0.647. The minimum absolute atomic E-state index is 0.560. The molecule has 4 heteroatoms. The minimum atomic E-state index is -0.588. The Morgan fingerprint density at radius 3 is 0.850 bits per heavy atom. The molecule has 0 spiro atoms. The largest absolute Gasteiger partial charge is 0.311 e. The van der Waals surface area contributed by atoms with E-state index in [0.29, 0.717) is 11.8 Å². The van der Waals surface area contributed by atoms with Crippen LogP contribution < -0.4 is 9.80 Å². The molecule has 19 rings (SSSR count). The van der Waals surface area contributed by atoms with Crippen molar-refractivity contribution in [3.05, 3.63) is 434 Å². The van der Waals surface area contributed by atoms with Gasteiger partial charge in [-0.2, -0.15) is 0 Å². The quantitative estimate of drug-likeness (QED) is 0.0756. The van der Waals surface area contributed by atoms with Gasteiger partial charge in [0.2, 0.25) is 0 Å². The maximum Gasteiger partial charge on any atom is 0.0713 e. The molecule has 2 heterocycles. The third kappa shape index (κ3) is 12.6. The van der Waals surface area contributed by atoms with E-state index < -0.39 is 5.41 Å². The van der Waals surface area contributed by atoms with Crippen LogP contribution in [0.1, 0.15) is 72.2 Å². The van der Waals surface area contributed by atoms with Crippen molar-refractivity contribution in [2.24, 2.45) is 11.8 Å². The molecule has 16 aromatic carbocycles. The summed E-state index contributed by atoms with van der Waals surface area (Å²) >= 11 is 0. The Hall–Kier alpha value is -13.8. The number of rotatable bonds is 20. The molecular formula is C109H86N4. The summed E-state index contributed by atoms with van der Waals surface area (Å²) in [5, 5.41) is 5.06. The Morgan fingerprint density at radius 2 is 0.540 bits per heavy atom. The molecule has 1 aliphatic carbocycles. The normalized spacial score (nSPS) is 12.3. The zero-order chi connectivity index (χ0) is 76.3. The highest BCUT2D eigenvalue weighted by molar-refractivity contribution is 6.11. The van der Waals surface area contributed by atoms with Gasteiger partial charge < -0.3 is 18.9 Å². The molecule has 0 N–H and O–H groups in total. The molecule has 0 unspecified atom stereocenters. The summed E-state index contributed by atoms with van der Waals surface area (Å²) in [4.78, 5) is 4.76. The summed E-state index contributed by atoms with van der Waals surface area (Å²) in [6.45, 7) is 17.2. The SMILES string of the molecule is C=Cc1ccc(-c2ccc(N(c3ccc(-c4ccc(C5(c6ccc(-c7ccc(N(c8ccc(-c9ccc(C=C)cc9)cc8)c8ccc(-n9c%10ccccc%10c%10ccc(CC(C)C)cc%109)cc8)cc7)cc6)c6ccccc6-c6ccccc65)cc4)cc3)c3ccc(-n4c5ccccc5c5ccc(CC(C)C)cc54)cc3)cc2)cc1. The van der Waals surface area contributed by atoms with Crippen molar-refractivity contribution >= 4 is 89.9 Å². The molecule has 0 amide bonds. The summed E-state index contributed by atoms with van der Waals surface area (Å²) in [5.74, 6) is 1.12. The molecule has 18 aromatic rings. The molecule has 113 heavy (non-hydrogen) atoms. The second-order valence-electron chi connectivity index (χ2n) is 31.1. The van der Waals surface area contributed by atoms with E-state index in [1.807, 2.05) is 12.2 Å². The average Bonchev–Trinajstić information content (AvgIpc) is 1.54. The first-order valence-electron chi connectivity index (χ1n) is 39.7. The van der Waals surface area contributed by atoms with Gasteiger partial charge in [-0.25, -0.2) is 0 Å². The number of aromatic nitrogens is 2. The molecule has 1 aliphatic rings. The maximum absolute atomic E-state index is 3.99. The highest BCUT2D eigenvalue weighted by Gasteiger charge is 2.46. The average molecular weight is 1450 g/mol. The highest BCUT2D eigenvalue weighted by atomic mass is 15.1. The zero-order valence-electron chi connectivity index (χ0n) is 64.2. The molecule has 542 valence electrons. The highest BCUT2D eigenvalue weighted by Crippen LogP contribution is 2.57. The lowest BCUT2D eigenvalue weighted by Crippen LogP contribution is -2.28. The van der Waals surface area contributed by atoms with Crippen LogP contribution >= 0.6 is 0 Å². The van der Waals surface area contributed by atoms with Gasteiger partial charge in [-0.05, 0) is 246 Å². The summed E-state index contributed by atoms with van der Waals surface area (Å²) in [6, 6.07) is 140. The number of fused-ring (bicyclic) bond motifs is 9. The van der Waals surface area contributed by atoms with Gasteiger partial charge in [0.15, 0.2) is 0 Å². The summed E-state index contributed by atoms with van der Waals surface area (Å²) in [6.07, 6.45) is 5.85. The topological polar surface area (TPSA) is 16.3 Å². The summed E-state index contributed by atoms with van der Waals surface area (Å²) in [5.41, 5.74) is 34.6. The molecule has 0 saturated carbocycles. The Kier molecular flexibility index (Phi) is 18.0. The standard InChI is InChI=1S/C109H86N4/c1-7-75-25-31-79(32-26-75)83-39-51-89(52-40-83)110(93-59-63-95(64-60-93)112-105-23-15-11-19-99(105)101-67-29-77(69-73(3)4)71-107(101)112)91-55-43-85(44-56-91)81-35-47-87(48-36-81)109(103-21-13-9-17-97(103)98-18-10-14-22-104(98)109)88-49-37-82(38-50-88)86-45-57-92(58-46-86)111(90-53-41-84(42-54-90)80-33-27-76(8-2)28-34-80)94-61-65-96(66-62-94)113-106-24-16-12-20-100(106)102-68-30-78(70-74(5)6)72-108(102)113/h7-68,71-74H,1-2,69-70H2,3-6H3. The van der Waals surface area contributed by atoms with Crippen LogP contribution in [0.4, 0.5) is 34.1 Å². The molecule has 0 bridgehead atoms. The lowest BCUT2D eigenvalue weighted by Gasteiger charge is -2.34. The number of anilines is 6. The Labute approximate surface area is 663 Å². The molecule has 4 nitrogen and oxygen atoms in total. The maximum atomic E-state index is 3.99. The van der Waals surface area contributed by atoms with Crippen molar-refractivity contribution in [3.8, 4) is 67.0 Å². The van der Waals surface area contributed by atoms with E-state index in [0.717, 1.165) is 103 Å². The van der Waals surface area contributed by atoms with Crippen molar-refractivity contribution in [3.63, 3.8) is 0 Å². The van der Waals surface area contributed by atoms with Crippen LogP contribution in [0.5, 0.6) is 0 Å². The van der Waals surface area contributed by atoms with Crippen molar-refractivity contribution in [2.75, 3.05) is 9.80 Å². The van der Waals surface area contributed by atoms with Gasteiger partial charge in [0.1, 0.15) is 0 Å². The lowest BCUT2D eigenvalue weighted by atomic mass is 9.67. The van der Waals surface area contributed by atoms with E-state index in [1.165, 1.54) is 99.2 Å². The fourth-order valence-electron chi connectivity index (χ4n) is 17.9. The summed E-state index contributed by atoms with van der Waals surface area (Å²) in [7, 11) is 0. The van der Waals surface area contributed by atoms with Crippen LogP contribution in [-0.2, 0) is 18.3 Å². The van der Waals surface area contributed by atoms with Gasteiger partial charge in [-0.3, -0.25) is 0 Å². The van der Waals surface area contributed by atoms with Crippen LogP contribution in [0.3, 0.4) is 0 Å². The van der Waals surface area contributed by atoms with E-state index in [2.05, 4.69) is 436 Å². The van der Waals surface area contributed by atoms with Gasteiger partial charge in [0.25, 0.3) is 0 Å². The Bertz CT molecular complexity index is 6150. The molecule has 0 saturated heterocycles. The minimum Gasteiger partial charge on any atom is -0.311 e. The Morgan fingerprint density at radius 1 is 0.274 bits per heavy atom. The predicted octanol–water partition coefficient (Wildman–Crippen LogP) is 29.5.